The Labute approximate surface area is 153 Å². The number of thiazole rings is 1. The zero-order valence-electron chi connectivity index (χ0n) is 13.7. The van der Waals surface area contributed by atoms with E-state index in [2.05, 4.69) is 40.1 Å². The highest BCUT2D eigenvalue weighted by Crippen LogP contribution is 2.30. The van der Waals surface area contributed by atoms with Crippen molar-refractivity contribution in [3.8, 4) is 0 Å². The number of nitrogens with one attached hydrogen (secondary N) is 1. The minimum Gasteiger partial charge on any atom is -0.347 e. The lowest BCUT2D eigenvalue weighted by Gasteiger charge is -2.01. The summed E-state index contributed by atoms with van der Waals surface area (Å²) >= 11 is 3.07. The lowest BCUT2D eigenvalue weighted by Crippen LogP contribution is -2.13. The molecule has 0 atom stereocenters. The smallest absolute Gasteiger partial charge is 0.236 e. The molecule has 1 N–H and O–H groups in total. The number of nitrogens with zero attached hydrogens (tertiary/aromatic N) is 2. The first kappa shape index (κ1) is 16.2. The number of benzene rings is 2. The number of rotatable bonds is 5. The van der Waals surface area contributed by atoms with Gasteiger partial charge in [0.05, 0.1) is 16.0 Å². The van der Waals surface area contributed by atoms with E-state index in [-0.39, 0.29) is 5.91 Å². The maximum atomic E-state index is 12.3. The van der Waals surface area contributed by atoms with Gasteiger partial charge in [-0.25, -0.2) is 4.98 Å². The average molecular weight is 367 g/mol. The van der Waals surface area contributed by atoms with Crippen molar-refractivity contribution in [2.24, 2.45) is 0 Å². The second-order valence-corrected chi connectivity index (χ2v) is 7.67. The van der Waals surface area contributed by atoms with Crippen molar-refractivity contribution >= 4 is 55.3 Å². The summed E-state index contributed by atoms with van der Waals surface area (Å²) < 4.78 is 3.29. The number of anilines is 1. The van der Waals surface area contributed by atoms with Crippen LogP contribution in [-0.2, 0) is 11.3 Å². The van der Waals surface area contributed by atoms with Gasteiger partial charge in [-0.1, -0.05) is 41.7 Å². The third-order valence-electron chi connectivity index (χ3n) is 3.99. The molecule has 2 aromatic heterocycles. The Balaban J connectivity index is 1.47. The number of fused-ring (bicyclic) bond motifs is 2. The lowest BCUT2D eigenvalue weighted by molar-refractivity contribution is -0.113. The summed E-state index contributed by atoms with van der Waals surface area (Å²) in [4.78, 5) is 17.9. The topological polar surface area (TPSA) is 46.9 Å². The van der Waals surface area contributed by atoms with E-state index in [1.807, 2.05) is 36.4 Å². The molecule has 2 aromatic carbocycles. The molecule has 0 aliphatic carbocycles. The van der Waals surface area contributed by atoms with Gasteiger partial charge in [0.2, 0.25) is 5.91 Å². The molecule has 0 saturated heterocycles. The molecule has 0 aliphatic rings. The van der Waals surface area contributed by atoms with Gasteiger partial charge in [-0.15, -0.1) is 11.8 Å². The fraction of sp³-hybridized carbons (Fsp3) is 0.158. The molecule has 0 unspecified atom stereocenters. The molecule has 6 heteroatoms. The van der Waals surface area contributed by atoms with Crippen molar-refractivity contribution in [2.75, 3.05) is 11.1 Å². The molecule has 0 aliphatic heterocycles. The number of para-hydroxylation sites is 2. The largest absolute Gasteiger partial charge is 0.347 e. The van der Waals surface area contributed by atoms with E-state index in [9.17, 15) is 4.79 Å². The first-order chi connectivity index (χ1) is 12.2. The Bertz CT molecular complexity index is 1020. The van der Waals surface area contributed by atoms with Crippen molar-refractivity contribution < 1.29 is 4.79 Å². The molecule has 25 heavy (non-hydrogen) atoms. The summed E-state index contributed by atoms with van der Waals surface area (Å²) in [6.45, 7) is 3.04. The monoisotopic (exact) mass is 367 g/mol. The summed E-state index contributed by atoms with van der Waals surface area (Å²) in [6, 6.07) is 16.2. The number of aryl methyl sites for hydroxylation is 1. The predicted octanol–water partition coefficient (Wildman–Crippen LogP) is 5.00. The molecule has 4 aromatic rings. The third-order valence-corrected chi connectivity index (χ3v) is 5.99. The quantitative estimate of drug-likeness (QED) is 0.505. The Morgan fingerprint density at radius 2 is 2.00 bits per heavy atom. The summed E-state index contributed by atoms with van der Waals surface area (Å²) in [7, 11) is 0. The van der Waals surface area contributed by atoms with Crippen LogP contribution in [0.2, 0.25) is 0 Å². The molecule has 0 saturated carbocycles. The number of amides is 1. The van der Waals surface area contributed by atoms with Crippen LogP contribution in [0.4, 0.5) is 5.13 Å². The number of aromatic nitrogens is 2. The molecule has 4 nitrogen and oxygen atoms in total. The Kier molecular flexibility index (Phi) is 4.46. The molecule has 0 fully saturated rings. The van der Waals surface area contributed by atoms with Gasteiger partial charge < -0.3 is 9.88 Å². The second-order valence-electron chi connectivity index (χ2n) is 5.62. The number of hydrogen-bond acceptors (Lipinski definition) is 4. The summed E-state index contributed by atoms with van der Waals surface area (Å²) in [6.07, 6.45) is 2.13. The van der Waals surface area contributed by atoms with E-state index < -0.39 is 0 Å². The normalized spacial score (nSPS) is 11.2. The Morgan fingerprint density at radius 3 is 2.84 bits per heavy atom. The van der Waals surface area contributed by atoms with Gasteiger partial charge in [-0.2, -0.15) is 0 Å². The van der Waals surface area contributed by atoms with Crippen LogP contribution in [0.15, 0.2) is 59.6 Å². The van der Waals surface area contributed by atoms with E-state index >= 15 is 0 Å². The number of carbonyl (C=O) groups excluding carboxylic acids is 1. The van der Waals surface area contributed by atoms with E-state index in [0.29, 0.717) is 10.9 Å². The number of thioether (sulfide) groups is 1. The van der Waals surface area contributed by atoms with Crippen LogP contribution in [0.1, 0.15) is 6.92 Å². The number of carbonyl (C=O) groups is 1. The van der Waals surface area contributed by atoms with Gasteiger partial charge in [0, 0.05) is 28.5 Å². The van der Waals surface area contributed by atoms with Crippen molar-refractivity contribution in [2.45, 2.75) is 18.4 Å². The van der Waals surface area contributed by atoms with Gasteiger partial charge in [-0.3, -0.25) is 4.79 Å². The van der Waals surface area contributed by atoms with E-state index in [4.69, 9.17) is 0 Å². The summed E-state index contributed by atoms with van der Waals surface area (Å²) in [5.74, 6) is 0.338. The standard InChI is InChI=1S/C19H17N3OS2/c1-2-22-11-17(13-7-3-5-9-15(13)22)24-12-18(23)21-19-20-14-8-4-6-10-16(14)25-19/h3-11H,2,12H2,1H3,(H,20,21,23). The SMILES string of the molecule is CCn1cc(SCC(=O)Nc2nc3ccccc3s2)c2ccccc21. The molecule has 0 spiro atoms. The van der Waals surface area contributed by atoms with Crippen molar-refractivity contribution in [3.05, 3.63) is 54.7 Å². The van der Waals surface area contributed by atoms with E-state index in [1.165, 1.54) is 22.2 Å². The van der Waals surface area contributed by atoms with Crippen LogP contribution >= 0.6 is 23.1 Å². The first-order valence-electron chi connectivity index (χ1n) is 8.10. The Morgan fingerprint density at radius 1 is 1.20 bits per heavy atom. The van der Waals surface area contributed by atoms with Crippen LogP contribution < -0.4 is 5.32 Å². The molecular formula is C19H17N3OS2. The van der Waals surface area contributed by atoms with Crippen LogP contribution in [0.5, 0.6) is 0 Å². The molecule has 2 heterocycles. The maximum absolute atomic E-state index is 12.3. The van der Waals surface area contributed by atoms with Crippen LogP contribution in [-0.4, -0.2) is 21.2 Å². The highest BCUT2D eigenvalue weighted by Gasteiger charge is 2.11. The highest BCUT2D eigenvalue weighted by molar-refractivity contribution is 8.00. The van der Waals surface area contributed by atoms with Gasteiger partial charge in [0.1, 0.15) is 0 Å². The highest BCUT2D eigenvalue weighted by atomic mass is 32.2. The van der Waals surface area contributed by atoms with Gasteiger partial charge in [0.15, 0.2) is 5.13 Å². The summed E-state index contributed by atoms with van der Waals surface area (Å²) in [5.41, 5.74) is 2.13. The average Bonchev–Trinajstić information content (AvgIpc) is 3.20. The zero-order chi connectivity index (χ0) is 17.2. The van der Waals surface area contributed by atoms with Gasteiger partial charge >= 0.3 is 0 Å². The molecule has 126 valence electrons. The minimum absolute atomic E-state index is 0.0302. The van der Waals surface area contributed by atoms with Crippen LogP contribution in [0, 0.1) is 0 Å². The lowest BCUT2D eigenvalue weighted by atomic mass is 10.2. The zero-order valence-corrected chi connectivity index (χ0v) is 15.4. The van der Waals surface area contributed by atoms with Crippen molar-refractivity contribution in [3.63, 3.8) is 0 Å². The van der Waals surface area contributed by atoms with E-state index in [0.717, 1.165) is 21.7 Å². The van der Waals surface area contributed by atoms with E-state index in [1.54, 1.807) is 11.8 Å². The molecule has 0 radical (unpaired) electrons. The first-order valence-corrected chi connectivity index (χ1v) is 9.91. The Hall–Kier alpha value is -2.31. The summed E-state index contributed by atoms with van der Waals surface area (Å²) in [5, 5.41) is 4.76. The molecule has 1 amide bonds. The van der Waals surface area contributed by atoms with Crippen LogP contribution in [0.3, 0.4) is 0 Å². The maximum Gasteiger partial charge on any atom is 0.236 e. The number of hydrogen-bond donors (Lipinski definition) is 1. The van der Waals surface area contributed by atoms with Gasteiger partial charge in [0.25, 0.3) is 0 Å². The van der Waals surface area contributed by atoms with Crippen molar-refractivity contribution in [1.29, 1.82) is 0 Å². The molecular weight excluding hydrogens is 350 g/mol. The predicted molar refractivity (Wildman–Crippen MR) is 107 cm³/mol. The fourth-order valence-corrected chi connectivity index (χ4v) is 4.58. The fourth-order valence-electron chi connectivity index (χ4n) is 2.81. The van der Waals surface area contributed by atoms with Crippen molar-refractivity contribution in [1.82, 2.24) is 9.55 Å². The minimum atomic E-state index is -0.0302. The molecule has 4 rings (SSSR count). The third kappa shape index (κ3) is 3.27. The van der Waals surface area contributed by atoms with Gasteiger partial charge in [-0.05, 0) is 25.1 Å². The second kappa shape index (κ2) is 6.90. The van der Waals surface area contributed by atoms with Crippen LogP contribution in [0.25, 0.3) is 21.1 Å². The molecule has 0 bridgehead atoms.